The smallest absolute Gasteiger partial charge is 0.343 e. The van der Waals surface area contributed by atoms with Crippen molar-refractivity contribution in [3.63, 3.8) is 0 Å². The van der Waals surface area contributed by atoms with Crippen LogP contribution in [0.3, 0.4) is 0 Å². The van der Waals surface area contributed by atoms with Crippen LogP contribution in [0.5, 0.6) is 0 Å². The van der Waals surface area contributed by atoms with E-state index in [1.807, 2.05) is 0 Å². The van der Waals surface area contributed by atoms with Gasteiger partial charge in [0, 0.05) is 25.1 Å². The molecule has 0 fully saturated rings. The molecule has 3 rings (SSSR count). The molecule has 28 heavy (non-hydrogen) atoms. The van der Waals surface area contributed by atoms with Gasteiger partial charge in [0.15, 0.2) is 5.16 Å². The summed E-state index contributed by atoms with van der Waals surface area (Å²) in [7, 11) is 1.60. The number of carbonyl (C=O) groups excluding carboxylic acids is 2. The number of anilines is 1. The number of fused-ring (bicyclic) bond motifs is 1. The molecule has 0 saturated heterocycles. The number of nitrogens with two attached hydrogens (primary N) is 1. The van der Waals surface area contributed by atoms with Gasteiger partial charge in [-0.25, -0.2) is 9.89 Å². The van der Waals surface area contributed by atoms with Crippen LogP contribution < -0.4 is 16.7 Å². The zero-order chi connectivity index (χ0) is 20.1. The molecule has 2 aromatic heterocycles. The van der Waals surface area contributed by atoms with Crippen molar-refractivity contribution in [2.45, 2.75) is 43.8 Å². The van der Waals surface area contributed by atoms with Crippen molar-refractivity contribution in [1.29, 1.82) is 0 Å². The Morgan fingerprint density at radius 1 is 1.39 bits per heavy atom. The zero-order valence-electron chi connectivity index (χ0n) is 15.6. The van der Waals surface area contributed by atoms with Crippen molar-refractivity contribution in [3.05, 3.63) is 26.5 Å². The van der Waals surface area contributed by atoms with Crippen LogP contribution in [-0.2, 0) is 28.9 Å². The summed E-state index contributed by atoms with van der Waals surface area (Å²) in [6.07, 6.45) is 4.49. The highest BCUT2D eigenvalue weighted by Crippen LogP contribution is 2.38. The van der Waals surface area contributed by atoms with Gasteiger partial charge in [-0.05, 0) is 37.7 Å². The Hall–Kier alpha value is -2.11. The number of carbonyl (C=O) groups is 2. The lowest BCUT2D eigenvalue weighted by Crippen LogP contribution is -2.20. The fraction of sp³-hybridized carbons (Fsp3) is 0.529. The van der Waals surface area contributed by atoms with E-state index < -0.39 is 5.91 Å². The molecule has 11 heteroatoms. The molecular weight excluding hydrogens is 402 g/mol. The molecule has 2 heterocycles. The minimum absolute atomic E-state index is 0.0648. The SMILES string of the molecule is COCCCn1c(SCC(=O)Nc2sc3c(c2C(N)=O)CCCC3)n[nH]c1=O. The molecule has 0 atom stereocenters. The predicted molar refractivity (Wildman–Crippen MR) is 108 cm³/mol. The summed E-state index contributed by atoms with van der Waals surface area (Å²) in [6.45, 7) is 0.984. The lowest BCUT2D eigenvalue weighted by atomic mass is 9.95. The molecule has 2 amide bonds. The molecule has 9 nitrogen and oxygen atoms in total. The molecule has 0 radical (unpaired) electrons. The van der Waals surface area contributed by atoms with Gasteiger partial charge in [0.25, 0.3) is 5.91 Å². The second kappa shape index (κ2) is 9.39. The van der Waals surface area contributed by atoms with Gasteiger partial charge < -0.3 is 15.8 Å². The van der Waals surface area contributed by atoms with Gasteiger partial charge >= 0.3 is 5.69 Å². The van der Waals surface area contributed by atoms with Gasteiger partial charge in [-0.3, -0.25) is 14.2 Å². The Bertz CT molecular complexity index is 917. The first-order valence-corrected chi connectivity index (χ1v) is 10.8. The number of aromatic amines is 1. The van der Waals surface area contributed by atoms with Crippen LogP contribution in [0.25, 0.3) is 0 Å². The molecule has 4 N–H and O–H groups in total. The van der Waals surface area contributed by atoms with E-state index in [1.165, 1.54) is 15.9 Å². The van der Waals surface area contributed by atoms with Crippen molar-refractivity contribution in [3.8, 4) is 0 Å². The first-order chi connectivity index (χ1) is 13.5. The fourth-order valence-electron chi connectivity index (χ4n) is 3.19. The Morgan fingerprint density at radius 2 is 2.18 bits per heavy atom. The molecular formula is C17H23N5O4S2. The third kappa shape index (κ3) is 4.65. The highest BCUT2D eigenvalue weighted by molar-refractivity contribution is 7.99. The molecule has 0 spiro atoms. The maximum Gasteiger partial charge on any atom is 0.343 e. The van der Waals surface area contributed by atoms with Gasteiger partial charge in [-0.2, -0.15) is 0 Å². The molecule has 152 valence electrons. The van der Waals surface area contributed by atoms with Crippen molar-refractivity contribution in [2.24, 2.45) is 5.73 Å². The van der Waals surface area contributed by atoms with Crippen LogP contribution in [0.1, 0.15) is 40.1 Å². The van der Waals surface area contributed by atoms with E-state index in [-0.39, 0.29) is 17.3 Å². The van der Waals surface area contributed by atoms with Crippen molar-refractivity contribution < 1.29 is 14.3 Å². The first kappa shape index (κ1) is 20.6. The molecule has 0 saturated carbocycles. The maximum absolute atomic E-state index is 12.4. The van der Waals surface area contributed by atoms with E-state index in [0.29, 0.717) is 35.3 Å². The van der Waals surface area contributed by atoms with Gasteiger partial charge in [0.1, 0.15) is 5.00 Å². The number of methoxy groups -OCH3 is 1. The van der Waals surface area contributed by atoms with Gasteiger partial charge in [0.2, 0.25) is 5.91 Å². The number of rotatable bonds is 9. The van der Waals surface area contributed by atoms with E-state index in [1.54, 1.807) is 7.11 Å². The van der Waals surface area contributed by atoms with E-state index in [0.717, 1.165) is 47.9 Å². The van der Waals surface area contributed by atoms with Crippen molar-refractivity contribution in [2.75, 3.05) is 24.8 Å². The van der Waals surface area contributed by atoms with E-state index in [9.17, 15) is 14.4 Å². The fourth-order valence-corrected chi connectivity index (χ4v) is 5.27. The molecule has 0 bridgehead atoms. The lowest BCUT2D eigenvalue weighted by Gasteiger charge is -2.11. The number of aryl methyl sites for hydroxylation is 1. The third-order valence-corrected chi connectivity index (χ3v) is 6.64. The highest BCUT2D eigenvalue weighted by Gasteiger charge is 2.25. The summed E-state index contributed by atoms with van der Waals surface area (Å²) in [5.74, 6) is -0.721. The topological polar surface area (TPSA) is 132 Å². The average molecular weight is 426 g/mol. The number of hydrogen-bond donors (Lipinski definition) is 3. The van der Waals surface area contributed by atoms with Crippen LogP contribution in [-0.4, -0.2) is 46.0 Å². The second-order valence-corrected chi connectivity index (χ2v) is 8.47. The number of nitrogens with one attached hydrogen (secondary N) is 2. The summed E-state index contributed by atoms with van der Waals surface area (Å²) in [6, 6.07) is 0. The molecule has 0 aliphatic heterocycles. The summed E-state index contributed by atoms with van der Waals surface area (Å²) < 4.78 is 6.48. The summed E-state index contributed by atoms with van der Waals surface area (Å²) in [4.78, 5) is 37.3. The third-order valence-electron chi connectivity index (χ3n) is 4.46. The molecule has 0 unspecified atom stereocenters. The average Bonchev–Trinajstić information content (AvgIpc) is 3.20. The number of H-pyrrole nitrogens is 1. The largest absolute Gasteiger partial charge is 0.385 e. The Kier molecular flexibility index (Phi) is 6.92. The van der Waals surface area contributed by atoms with Crippen LogP contribution in [0.4, 0.5) is 5.00 Å². The van der Waals surface area contributed by atoms with E-state index >= 15 is 0 Å². The maximum atomic E-state index is 12.4. The first-order valence-electron chi connectivity index (χ1n) is 9.02. The number of thioether (sulfide) groups is 1. The minimum atomic E-state index is -0.512. The van der Waals surface area contributed by atoms with Gasteiger partial charge in [0.05, 0.1) is 11.3 Å². The van der Waals surface area contributed by atoms with Crippen LogP contribution >= 0.6 is 23.1 Å². The number of amides is 2. The van der Waals surface area contributed by atoms with Crippen molar-refractivity contribution in [1.82, 2.24) is 14.8 Å². The molecule has 1 aliphatic rings. The number of primary amides is 1. The number of aromatic nitrogens is 3. The molecule has 0 aromatic carbocycles. The quantitative estimate of drug-likeness (QED) is 0.411. The van der Waals surface area contributed by atoms with Crippen LogP contribution in [0.2, 0.25) is 0 Å². The Labute approximate surface area is 170 Å². The molecule has 2 aromatic rings. The monoisotopic (exact) mass is 425 g/mol. The van der Waals surface area contributed by atoms with Gasteiger partial charge in [-0.1, -0.05) is 11.8 Å². The van der Waals surface area contributed by atoms with Gasteiger partial charge in [-0.15, -0.1) is 16.4 Å². The molecule has 1 aliphatic carbocycles. The van der Waals surface area contributed by atoms with Crippen molar-refractivity contribution >= 4 is 39.9 Å². The predicted octanol–water partition coefficient (Wildman–Crippen LogP) is 1.38. The highest BCUT2D eigenvalue weighted by atomic mass is 32.2. The number of hydrogen-bond acceptors (Lipinski definition) is 7. The standard InChI is InChI=1S/C17H23N5O4S2/c1-26-8-4-7-22-16(25)20-21-17(22)27-9-12(23)19-15-13(14(18)24)10-5-2-3-6-11(10)28-15/h2-9H2,1H3,(H2,18,24)(H,19,23)(H,20,25). The second-order valence-electron chi connectivity index (χ2n) is 6.43. The van der Waals surface area contributed by atoms with Crippen LogP contribution in [0, 0.1) is 0 Å². The minimum Gasteiger partial charge on any atom is -0.385 e. The summed E-state index contributed by atoms with van der Waals surface area (Å²) in [5, 5.41) is 10.1. The summed E-state index contributed by atoms with van der Waals surface area (Å²) >= 11 is 2.59. The summed E-state index contributed by atoms with van der Waals surface area (Å²) in [5.41, 5.74) is 6.65. The van der Waals surface area contributed by atoms with Crippen LogP contribution in [0.15, 0.2) is 9.95 Å². The zero-order valence-corrected chi connectivity index (χ0v) is 17.2. The number of ether oxygens (including phenoxy) is 1. The number of thiophene rings is 1. The normalized spacial score (nSPS) is 13.3. The van der Waals surface area contributed by atoms with E-state index in [2.05, 4.69) is 15.5 Å². The Morgan fingerprint density at radius 3 is 2.93 bits per heavy atom. The van der Waals surface area contributed by atoms with E-state index in [4.69, 9.17) is 10.5 Å². The Balaban J connectivity index is 1.65. The number of nitrogens with zero attached hydrogens (tertiary/aromatic N) is 2. The lowest BCUT2D eigenvalue weighted by molar-refractivity contribution is -0.113.